The number of carbonyl (C=O) groups is 2. The molecule has 1 N–H and O–H groups in total. The van der Waals surface area contributed by atoms with Gasteiger partial charge in [0.2, 0.25) is 0 Å². The molecule has 0 saturated carbocycles. The van der Waals surface area contributed by atoms with Crippen molar-refractivity contribution < 1.29 is 19.4 Å². The summed E-state index contributed by atoms with van der Waals surface area (Å²) in [6.07, 6.45) is 1.55. The Morgan fingerprint density at radius 2 is 1.89 bits per heavy atom. The van der Waals surface area contributed by atoms with Gasteiger partial charge in [0.1, 0.15) is 18.1 Å². The number of carbonyl (C=O) groups excluding carboxylic acids is 2. The number of amides is 2. The maximum Gasteiger partial charge on any atom is 0.293 e. The molecule has 0 bridgehead atoms. The first-order valence-corrected chi connectivity index (χ1v) is 11.0. The molecule has 2 aromatic carbocycles. The minimum Gasteiger partial charge on any atom is -0.506 e. The fraction of sp³-hybridized carbons (Fsp3) is 0.111. The van der Waals surface area contributed by atoms with Crippen molar-refractivity contribution in [1.82, 2.24) is 4.90 Å². The van der Waals surface area contributed by atoms with Gasteiger partial charge in [-0.25, -0.2) is 0 Å². The predicted octanol–water partition coefficient (Wildman–Crippen LogP) is 5.37. The number of phenols is 1. The van der Waals surface area contributed by atoms with Crippen molar-refractivity contribution >= 4 is 85.8 Å². The highest BCUT2D eigenvalue weighted by Gasteiger charge is 2.35. The standard InChI is InChI=1S/C18H12ClI2NO4S/c19-11-1-3-13(4-2-11)26-6-5-22-17(24)15(27-18(22)25)8-10-7-12(20)9-14(21)16(10)23/h1-4,7-9,23H,5-6H2/b15-8-. The quantitative estimate of drug-likeness (QED) is 0.357. The van der Waals surface area contributed by atoms with E-state index in [-0.39, 0.29) is 29.0 Å². The first-order chi connectivity index (χ1) is 12.8. The van der Waals surface area contributed by atoms with Crippen LogP contribution in [0.2, 0.25) is 5.02 Å². The minimum absolute atomic E-state index is 0.0916. The average molecular weight is 628 g/mol. The van der Waals surface area contributed by atoms with Crippen LogP contribution in [0.15, 0.2) is 41.3 Å². The molecule has 5 nitrogen and oxygen atoms in total. The van der Waals surface area contributed by atoms with Crippen LogP contribution in [0.5, 0.6) is 11.5 Å². The summed E-state index contributed by atoms with van der Waals surface area (Å²) in [4.78, 5) is 26.1. The number of hydrogen-bond acceptors (Lipinski definition) is 5. The molecular weight excluding hydrogens is 616 g/mol. The number of hydrogen-bond donors (Lipinski definition) is 1. The van der Waals surface area contributed by atoms with Crippen molar-refractivity contribution in [2.75, 3.05) is 13.2 Å². The monoisotopic (exact) mass is 627 g/mol. The Hall–Kier alpha value is -0.980. The molecule has 1 heterocycles. The van der Waals surface area contributed by atoms with Gasteiger partial charge < -0.3 is 9.84 Å². The lowest BCUT2D eigenvalue weighted by Gasteiger charge is -2.13. The molecule has 1 saturated heterocycles. The van der Waals surface area contributed by atoms with Crippen LogP contribution in [-0.4, -0.2) is 34.3 Å². The highest BCUT2D eigenvalue weighted by Crippen LogP contribution is 2.35. The second kappa shape index (κ2) is 9.01. The Morgan fingerprint density at radius 1 is 1.19 bits per heavy atom. The lowest BCUT2D eigenvalue weighted by atomic mass is 10.2. The maximum absolute atomic E-state index is 12.5. The Bertz CT molecular complexity index is 934. The summed E-state index contributed by atoms with van der Waals surface area (Å²) in [5.74, 6) is 0.312. The van der Waals surface area contributed by atoms with Gasteiger partial charge >= 0.3 is 0 Å². The average Bonchev–Trinajstić information content (AvgIpc) is 2.88. The van der Waals surface area contributed by atoms with Gasteiger partial charge in [0.25, 0.3) is 11.1 Å². The largest absolute Gasteiger partial charge is 0.506 e. The van der Waals surface area contributed by atoms with Crippen LogP contribution in [0.1, 0.15) is 5.56 Å². The Morgan fingerprint density at radius 3 is 2.59 bits per heavy atom. The van der Waals surface area contributed by atoms with Crippen molar-refractivity contribution in [2.24, 2.45) is 0 Å². The van der Waals surface area contributed by atoms with Gasteiger partial charge in [0, 0.05) is 14.2 Å². The third kappa shape index (κ3) is 5.09. The number of imide groups is 1. The molecule has 0 aliphatic carbocycles. The highest BCUT2D eigenvalue weighted by molar-refractivity contribution is 14.1. The normalized spacial score (nSPS) is 15.7. The number of thioether (sulfide) groups is 1. The summed E-state index contributed by atoms with van der Waals surface area (Å²) < 4.78 is 7.16. The van der Waals surface area contributed by atoms with Gasteiger partial charge in [-0.2, -0.15) is 0 Å². The van der Waals surface area contributed by atoms with Gasteiger partial charge in [0.05, 0.1) is 15.0 Å². The molecular formula is C18H12ClI2NO4S. The van der Waals surface area contributed by atoms with E-state index in [1.807, 2.05) is 28.7 Å². The van der Waals surface area contributed by atoms with E-state index in [0.717, 1.165) is 20.2 Å². The number of halogens is 3. The molecule has 140 valence electrons. The molecule has 27 heavy (non-hydrogen) atoms. The molecule has 0 spiro atoms. The number of rotatable bonds is 5. The van der Waals surface area contributed by atoms with Crippen LogP contribution in [-0.2, 0) is 4.79 Å². The molecule has 0 radical (unpaired) electrons. The molecule has 2 aromatic rings. The third-order valence-corrected chi connectivity index (χ3v) is 6.22. The fourth-order valence-electron chi connectivity index (χ4n) is 2.32. The van der Waals surface area contributed by atoms with E-state index in [1.54, 1.807) is 36.4 Å². The minimum atomic E-state index is -0.391. The van der Waals surface area contributed by atoms with E-state index in [4.69, 9.17) is 16.3 Å². The van der Waals surface area contributed by atoms with Crippen LogP contribution in [0, 0.1) is 7.14 Å². The van der Waals surface area contributed by atoms with E-state index < -0.39 is 5.91 Å². The molecule has 3 rings (SSSR count). The molecule has 0 atom stereocenters. The first-order valence-electron chi connectivity index (χ1n) is 7.67. The van der Waals surface area contributed by atoms with E-state index in [9.17, 15) is 14.7 Å². The number of aromatic hydroxyl groups is 1. The zero-order valence-corrected chi connectivity index (χ0v) is 19.5. The van der Waals surface area contributed by atoms with Gasteiger partial charge in [-0.15, -0.1) is 0 Å². The molecule has 1 aliphatic rings. The van der Waals surface area contributed by atoms with E-state index in [0.29, 0.717) is 19.9 Å². The van der Waals surface area contributed by atoms with Gasteiger partial charge in [0.15, 0.2) is 0 Å². The van der Waals surface area contributed by atoms with Crippen molar-refractivity contribution in [1.29, 1.82) is 0 Å². The highest BCUT2D eigenvalue weighted by atomic mass is 127. The first kappa shape index (κ1) is 20.7. The van der Waals surface area contributed by atoms with Crippen LogP contribution in [0.25, 0.3) is 6.08 Å². The van der Waals surface area contributed by atoms with E-state index in [1.165, 1.54) is 0 Å². The number of ether oxygens (including phenoxy) is 1. The van der Waals surface area contributed by atoms with Gasteiger partial charge in [-0.3, -0.25) is 14.5 Å². The van der Waals surface area contributed by atoms with Gasteiger partial charge in [-0.05, 0) is 99.4 Å². The lowest BCUT2D eigenvalue weighted by molar-refractivity contribution is -0.123. The summed E-state index contributed by atoms with van der Waals surface area (Å²) in [7, 11) is 0. The molecule has 0 aromatic heterocycles. The number of benzene rings is 2. The molecule has 2 amide bonds. The fourth-order valence-corrected chi connectivity index (χ4v) is 5.19. The second-order valence-electron chi connectivity index (χ2n) is 5.46. The molecule has 9 heteroatoms. The van der Waals surface area contributed by atoms with Crippen molar-refractivity contribution in [2.45, 2.75) is 0 Å². The Kier molecular flexibility index (Phi) is 6.93. The van der Waals surface area contributed by atoms with Crippen LogP contribution in [0.3, 0.4) is 0 Å². The molecule has 1 aliphatic heterocycles. The topological polar surface area (TPSA) is 66.8 Å². The zero-order valence-electron chi connectivity index (χ0n) is 13.6. The van der Waals surface area contributed by atoms with Crippen LogP contribution in [0.4, 0.5) is 4.79 Å². The summed E-state index contributed by atoms with van der Waals surface area (Å²) in [6.45, 7) is 0.319. The summed E-state index contributed by atoms with van der Waals surface area (Å²) in [5, 5.41) is 10.4. The Labute approximate surface area is 192 Å². The SMILES string of the molecule is O=C1S/C(=C\c2cc(I)cc(I)c2O)C(=O)N1CCOc1ccc(Cl)cc1. The smallest absolute Gasteiger partial charge is 0.293 e. The van der Waals surface area contributed by atoms with Crippen LogP contribution >= 0.6 is 68.5 Å². The summed E-state index contributed by atoms with van der Waals surface area (Å²) in [6, 6.07) is 10.4. The summed E-state index contributed by atoms with van der Waals surface area (Å²) >= 11 is 10.8. The van der Waals surface area contributed by atoms with E-state index >= 15 is 0 Å². The molecule has 1 fully saturated rings. The summed E-state index contributed by atoms with van der Waals surface area (Å²) in [5.41, 5.74) is 0.509. The lowest BCUT2D eigenvalue weighted by Crippen LogP contribution is -2.32. The maximum atomic E-state index is 12.5. The van der Waals surface area contributed by atoms with Crippen LogP contribution < -0.4 is 4.74 Å². The number of nitrogens with zero attached hydrogens (tertiary/aromatic N) is 1. The number of phenolic OH excluding ortho intramolecular Hbond substituents is 1. The van der Waals surface area contributed by atoms with Crippen molar-refractivity contribution in [3.63, 3.8) is 0 Å². The van der Waals surface area contributed by atoms with E-state index in [2.05, 4.69) is 22.6 Å². The van der Waals surface area contributed by atoms with Crippen molar-refractivity contribution in [3.05, 3.63) is 59.0 Å². The zero-order chi connectivity index (χ0) is 19.6. The van der Waals surface area contributed by atoms with Gasteiger partial charge in [-0.1, -0.05) is 11.6 Å². The van der Waals surface area contributed by atoms with Crippen molar-refractivity contribution in [3.8, 4) is 11.5 Å². The Balaban J connectivity index is 1.69. The third-order valence-electron chi connectivity index (χ3n) is 3.62. The predicted molar refractivity (Wildman–Crippen MR) is 123 cm³/mol. The second-order valence-corrected chi connectivity index (χ2v) is 9.30. The molecule has 0 unspecified atom stereocenters.